The molecule has 0 amide bonds. The van der Waals surface area contributed by atoms with Gasteiger partial charge in [-0.2, -0.15) is 0 Å². The normalized spacial score (nSPS) is 19.7. The minimum absolute atomic E-state index is 0.0754. The lowest BCUT2D eigenvalue weighted by Crippen LogP contribution is -2.32. The van der Waals surface area contributed by atoms with Crippen LogP contribution in [-0.2, 0) is 0 Å². The molecule has 0 bridgehead atoms. The van der Waals surface area contributed by atoms with Gasteiger partial charge in [0.15, 0.2) is 0 Å². The minimum atomic E-state index is 0.0754. The van der Waals surface area contributed by atoms with Crippen molar-refractivity contribution in [2.45, 2.75) is 53.4 Å². The first-order valence-corrected chi connectivity index (χ1v) is 10.1. The number of benzene rings is 2. The Kier molecular flexibility index (Phi) is 4.16. The average Bonchev–Trinajstić information content (AvgIpc) is 2.57. The van der Waals surface area contributed by atoms with Crippen molar-refractivity contribution in [3.63, 3.8) is 0 Å². The molecule has 0 saturated carbocycles. The lowest BCUT2D eigenvalue weighted by atomic mass is 9.59. The number of nitrogens with zero attached hydrogens (tertiary/aromatic N) is 1. The molecule has 0 N–H and O–H groups in total. The fourth-order valence-corrected chi connectivity index (χ4v) is 5.13. The predicted molar refractivity (Wildman–Crippen MR) is 116 cm³/mol. The van der Waals surface area contributed by atoms with Gasteiger partial charge in [0.25, 0.3) is 0 Å². The number of aromatic nitrogens is 1. The molecule has 1 aliphatic carbocycles. The van der Waals surface area contributed by atoms with Crippen LogP contribution in [-0.4, -0.2) is 4.98 Å². The maximum Gasteiger partial charge on any atom is 0.0743 e. The van der Waals surface area contributed by atoms with Crippen molar-refractivity contribution in [3.05, 3.63) is 75.9 Å². The Morgan fingerprint density at radius 2 is 1.44 bits per heavy atom. The Balaban J connectivity index is 2.16. The summed E-state index contributed by atoms with van der Waals surface area (Å²) in [6.07, 6.45) is 1.92. The van der Waals surface area contributed by atoms with Crippen LogP contribution in [0.2, 0.25) is 5.02 Å². The van der Waals surface area contributed by atoms with Crippen LogP contribution in [0.15, 0.2) is 48.7 Å². The Bertz CT molecular complexity index is 1020. The van der Waals surface area contributed by atoms with Gasteiger partial charge >= 0.3 is 0 Å². The van der Waals surface area contributed by atoms with Crippen LogP contribution in [0.4, 0.5) is 0 Å². The summed E-state index contributed by atoms with van der Waals surface area (Å²) in [6, 6.07) is 15.2. The van der Waals surface area contributed by atoms with E-state index in [1.165, 1.54) is 27.6 Å². The van der Waals surface area contributed by atoms with Gasteiger partial charge in [0, 0.05) is 28.4 Å². The second-order valence-corrected chi connectivity index (χ2v) is 10.5. The van der Waals surface area contributed by atoms with Gasteiger partial charge in [0.05, 0.1) is 5.52 Å². The topological polar surface area (TPSA) is 12.9 Å². The van der Waals surface area contributed by atoms with Gasteiger partial charge in [-0.25, -0.2) is 0 Å². The van der Waals surface area contributed by atoms with Gasteiger partial charge in [0.1, 0.15) is 0 Å². The number of hydrogen-bond acceptors (Lipinski definition) is 1. The minimum Gasteiger partial charge on any atom is -0.256 e. The van der Waals surface area contributed by atoms with Gasteiger partial charge in [-0.05, 0) is 51.3 Å². The zero-order valence-corrected chi connectivity index (χ0v) is 17.9. The average molecular weight is 378 g/mol. The van der Waals surface area contributed by atoms with Crippen LogP contribution in [0.25, 0.3) is 10.9 Å². The molecule has 2 atom stereocenters. The molecule has 140 valence electrons. The van der Waals surface area contributed by atoms with E-state index in [1.54, 1.807) is 0 Å². The summed E-state index contributed by atoms with van der Waals surface area (Å²) in [6.45, 7) is 14.0. The number of halogens is 1. The number of fused-ring (bicyclic) bond motifs is 4. The molecule has 4 rings (SSSR count). The van der Waals surface area contributed by atoms with E-state index in [1.807, 2.05) is 18.3 Å². The molecule has 0 spiro atoms. The number of hydrogen-bond donors (Lipinski definition) is 0. The third-order valence-corrected chi connectivity index (χ3v) is 6.09. The molecule has 0 radical (unpaired) electrons. The SMILES string of the molecule is CC(C)(C)C1c2cc(Cl)ccc2C(C(C)(C)C)c2c1ccc1cccnc21. The molecule has 1 aliphatic rings. The Hall–Kier alpha value is -1.86. The van der Waals surface area contributed by atoms with Crippen molar-refractivity contribution in [3.8, 4) is 0 Å². The van der Waals surface area contributed by atoms with Crippen LogP contribution in [0.5, 0.6) is 0 Å². The fraction of sp³-hybridized carbons (Fsp3) is 0.400. The highest BCUT2D eigenvalue weighted by Crippen LogP contribution is 2.56. The summed E-state index contributed by atoms with van der Waals surface area (Å²) in [4.78, 5) is 4.84. The molecule has 1 nitrogen and oxygen atoms in total. The van der Waals surface area contributed by atoms with E-state index in [4.69, 9.17) is 16.6 Å². The molecular weight excluding hydrogens is 350 g/mol. The Labute approximate surface area is 167 Å². The van der Waals surface area contributed by atoms with Crippen molar-refractivity contribution in [2.75, 3.05) is 0 Å². The third-order valence-electron chi connectivity index (χ3n) is 5.85. The standard InChI is InChI=1S/C25H28ClN/c1-24(2,3)21-18-11-9-15-8-7-13-27-23(15)20(18)22(25(4,5)6)17-12-10-16(26)14-19(17)21/h7-14,21-22H,1-6H3. The summed E-state index contributed by atoms with van der Waals surface area (Å²) in [5.41, 5.74) is 6.88. The van der Waals surface area contributed by atoms with Crippen LogP contribution < -0.4 is 0 Å². The Morgan fingerprint density at radius 1 is 0.778 bits per heavy atom. The quantitative estimate of drug-likeness (QED) is 0.394. The summed E-state index contributed by atoms with van der Waals surface area (Å²) in [5, 5.41) is 2.04. The molecule has 3 aromatic rings. The zero-order chi connectivity index (χ0) is 19.6. The van der Waals surface area contributed by atoms with Gasteiger partial charge in [-0.3, -0.25) is 4.98 Å². The fourth-order valence-electron chi connectivity index (χ4n) is 4.95. The summed E-state index contributed by atoms with van der Waals surface area (Å²) in [5.74, 6) is 0.586. The van der Waals surface area contributed by atoms with Crippen molar-refractivity contribution < 1.29 is 0 Å². The molecule has 27 heavy (non-hydrogen) atoms. The monoisotopic (exact) mass is 377 g/mol. The van der Waals surface area contributed by atoms with Gasteiger partial charge in [0.2, 0.25) is 0 Å². The molecular formula is C25H28ClN. The largest absolute Gasteiger partial charge is 0.256 e. The number of rotatable bonds is 0. The molecule has 1 heterocycles. The molecule has 1 aromatic heterocycles. The highest BCUT2D eigenvalue weighted by atomic mass is 35.5. The zero-order valence-electron chi connectivity index (χ0n) is 17.1. The lowest BCUT2D eigenvalue weighted by molar-refractivity contribution is 0.315. The maximum absolute atomic E-state index is 6.46. The van der Waals surface area contributed by atoms with E-state index in [0.717, 1.165) is 10.5 Å². The Morgan fingerprint density at radius 3 is 2.11 bits per heavy atom. The molecule has 2 heteroatoms. The van der Waals surface area contributed by atoms with Crippen molar-refractivity contribution >= 4 is 22.5 Å². The van der Waals surface area contributed by atoms with Crippen LogP contribution >= 0.6 is 11.6 Å². The van der Waals surface area contributed by atoms with Gasteiger partial charge in [-0.15, -0.1) is 0 Å². The summed E-state index contributed by atoms with van der Waals surface area (Å²) < 4.78 is 0. The second-order valence-electron chi connectivity index (χ2n) is 10.0. The van der Waals surface area contributed by atoms with Crippen molar-refractivity contribution in [1.29, 1.82) is 0 Å². The molecule has 0 aliphatic heterocycles. The van der Waals surface area contributed by atoms with E-state index in [9.17, 15) is 0 Å². The summed E-state index contributed by atoms with van der Waals surface area (Å²) >= 11 is 6.46. The van der Waals surface area contributed by atoms with Gasteiger partial charge in [-0.1, -0.05) is 77.4 Å². The lowest BCUT2D eigenvalue weighted by Gasteiger charge is -2.45. The predicted octanol–water partition coefficient (Wildman–Crippen LogP) is 7.56. The molecule has 2 unspecified atom stereocenters. The van der Waals surface area contributed by atoms with Crippen LogP contribution in [0, 0.1) is 10.8 Å². The first kappa shape index (κ1) is 18.5. The van der Waals surface area contributed by atoms with Crippen LogP contribution in [0.3, 0.4) is 0 Å². The van der Waals surface area contributed by atoms with E-state index < -0.39 is 0 Å². The summed E-state index contributed by atoms with van der Waals surface area (Å²) in [7, 11) is 0. The first-order chi connectivity index (χ1) is 12.6. The van der Waals surface area contributed by atoms with E-state index in [2.05, 4.69) is 71.9 Å². The van der Waals surface area contributed by atoms with E-state index in [-0.39, 0.29) is 16.7 Å². The third kappa shape index (κ3) is 2.97. The van der Waals surface area contributed by atoms with Gasteiger partial charge < -0.3 is 0 Å². The van der Waals surface area contributed by atoms with Crippen molar-refractivity contribution in [1.82, 2.24) is 4.98 Å². The number of pyridine rings is 1. The first-order valence-electron chi connectivity index (χ1n) is 9.76. The van der Waals surface area contributed by atoms with Crippen molar-refractivity contribution in [2.24, 2.45) is 10.8 Å². The highest BCUT2D eigenvalue weighted by Gasteiger charge is 2.43. The van der Waals surface area contributed by atoms with Crippen LogP contribution in [0.1, 0.15) is 75.6 Å². The molecule has 0 saturated heterocycles. The second kappa shape index (κ2) is 6.07. The van der Waals surface area contributed by atoms with E-state index >= 15 is 0 Å². The molecule has 0 fully saturated rings. The highest BCUT2D eigenvalue weighted by molar-refractivity contribution is 6.30. The maximum atomic E-state index is 6.46. The smallest absolute Gasteiger partial charge is 0.0743 e. The molecule has 2 aromatic carbocycles. The van der Waals surface area contributed by atoms with E-state index in [0.29, 0.717) is 5.92 Å².